The minimum absolute atomic E-state index is 0.605. The molecule has 0 aliphatic heterocycles. The Morgan fingerprint density at radius 1 is 1.60 bits per heavy atom. The van der Waals surface area contributed by atoms with Crippen LogP contribution in [0.3, 0.4) is 0 Å². The lowest BCUT2D eigenvalue weighted by molar-refractivity contribution is 0.619. The second kappa shape index (κ2) is 3.25. The Bertz CT molecular complexity index is 183. The lowest BCUT2D eigenvalue weighted by Crippen LogP contribution is -1.99. The molecule has 0 aromatic carbocycles. The van der Waals surface area contributed by atoms with Crippen LogP contribution in [0.1, 0.15) is 19.5 Å². The van der Waals surface area contributed by atoms with Gasteiger partial charge in [-0.1, -0.05) is 13.8 Å². The Morgan fingerprint density at radius 3 is 2.90 bits per heavy atom. The Labute approximate surface area is 60.5 Å². The lowest BCUT2D eigenvalue weighted by Gasteiger charge is -1.99. The third-order valence-electron chi connectivity index (χ3n) is 1.11. The van der Waals surface area contributed by atoms with Gasteiger partial charge < -0.3 is 0 Å². The van der Waals surface area contributed by atoms with Gasteiger partial charge in [0.1, 0.15) is 0 Å². The molecule has 53 valence electrons. The number of rotatable bonds is 2. The van der Waals surface area contributed by atoms with Gasteiger partial charge in [-0.05, 0) is 17.6 Å². The van der Waals surface area contributed by atoms with Crippen LogP contribution in [-0.2, 0) is 6.42 Å². The molecule has 1 rings (SSSR count). The van der Waals surface area contributed by atoms with E-state index in [0.717, 1.165) is 12.1 Å². The smallest absolute Gasteiger partial charge is 0.0746 e. The van der Waals surface area contributed by atoms with Crippen LogP contribution in [0.4, 0.5) is 0 Å². The lowest BCUT2D eigenvalue weighted by atomic mass is 10.1. The maximum absolute atomic E-state index is 3.80. The van der Waals surface area contributed by atoms with Crippen molar-refractivity contribution >= 4 is 0 Å². The maximum atomic E-state index is 3.80. The summed E-state index contributed by atoms with van der Waals surface area (Å²) in [6, 6.07) is 2.92. The molecule has 1 heterocycles. The molecule has 0 aliphatic rings. The fourth-order valence-electron chi connectivity index (χ4n) is 0.724. The van der Waals surface area contributed by atoms with E-state index in [9.17, 15) is 0 Å². The second-order valence-corrected chi connectivity index (χ2v) is 2.62. The normalized spacial score (nSPS) is 10.3. The van der Waals surface area contributed by atoms with Gasteiger partial charge in [0.25, 0.3) is 0 Å². The Hall–Kier alpha value is -0.990. The summed E-state index contributed by atoms with van der Waals surface area (Å²) in [4.78, 5) is 0. The van der Waals surface area contributed by atoms with Crippen LogP contribution in [0.2, 0.25) is 0 Å². The van der Waals surface area contributed by atoms with Crippen molar-refractivity contribution in [2.24, 2.45) is 5.92 Å². The summed E-state index contributed by atoms with van der Waals surface area (Å²) in [7, 11) is 0. The van der Waals surface area contributed by atoms with Gasteiger partial charge in [0.2, 0.25) is 0 Å². The van der Waals surface area contributed by atoms with Crippen molar-refractivity contribution in [3.05, 3.63) is 18.0 Å². The van der Waals surface area contributed by atoms with Gasteiger partial charge in [0.05, 0.1) is 11.9 Å². The summed E-state index contributed by atoms with van der Waals surface area (Å²) in [6.07, 6.45) is 2.47. The highest BCUT2D eigenvalue weighted by molar-refractivity contribution is 4.93. The molecule has 10 heavy (non-hydrogen) atoms. The number of nitrogens with zero attached hydrogens (tertiary/aromatic N) is 3. The molecule has 1 aromatic heterocycles. The first kappa shape index (κ1) is 7.12. The molecule has 3 heteroatoms. The van der Waals surface area contributed by atoms with Crippen LogP contribution in [0.15, 0.2) is 6.20 Å². The van der Waals surface area contributed by atoms with Crippen molar-refractivity contribution in [1.29, 1.82) is 0 Å². The van der Waals surface area contributed by atoms with Gasteiger partial charge in [0, 0.05) is 6.07 Å². The number of aromatic nitrogens is 3. The molecule has 0 saturated carbocycles. The van der Waals surface area contributed by atoms with Crippen LogP contribution >= 0.6 is 0 Å². The van der Waals surface area contributed by atoms with Gasteiger partial charge in [0.15, 0.2) is 0 Å². The first-order chi connectivity index (χ1) is 4.79. The van der Waals surface area contributed by atoms with Crippen molar-refractivity contribution in [3.63, 3.8) is 0 Å². The molecule has 3 nitrogen and oxygen atoms in total. The molecule has 0 atom stereocenters. The minimum Gasteiger partial charge on any atom is -0.138 e. The molecule has 0 aliphatic carbocycles. The summed E-state index contributed by atoms with van der Waals surface area (Å²) in [5, 5.41) is 10.8. The second-order valence-electron chi connectivity index (χ2n) is 2.62. The van der Waals surface area contributed by atoms with Crippen LogP contribution < -0.4 is 0 Å². The van der Waals surface area contributed by atoms with Gasteiger partial charge in [-0.15, -0.1) is 10.2 Å². The molecule has 1 aromatic rings. The zero-order valence-electron chi connectivity index (χ0n) is 6.20. The average Bonchev–Trinajstić information content (AvgIpc) is 1.88. The van der Waals surface area contributed by atoms with E-state index in [1.54, 1.807) is 6.20 Å². The zero-order chi connectivity index (χ0) is 7.40. The molecule has 1 radical (unpaired) electrons. The SMILES string of the molecule is CC(C)Cc1[c]cnnn1. The van der Waals surface area contributed by atoms with E-state index in [-0.39, 0.29) is 0 Å². The maximum Gasteiger partial charge on any atom is 0.0746 e. The average molecular weight is 136 g/mol. The monoisotopic (exact) mass is 136 g/mol. The predicted octanol–water partition coefficient (Wildman–Crippen LogP) is 0.870. The number of hydrogen-bond acceptors (Lipinski definition) is 3. The van der Waals surface area contributed by atoms with E-state index >= 15 is 0 Å². The van der Waals surface area contributed by atoms with Crippen LogP contribution in [0.25, 0.3) is 0 Å². The fraction of sp³-hybridized carbons (Fsp3) is 0.571. The molecule has 0 bridgehead atoms. The summed E-state index contributed by atoms with van der Waals surface area (Å²) in [5.41, 5.74) is 0.894. The quantitative estimate of drug-likeness (QED) is 0.605. The van der Waals surface area contributed by atoms with E-state index < -0.39 is 0 Å². The summed E-state index contributed by atoms with van der Waals surface area (Å²) < 4.78 is 0. The number of hydrogen-bond donors (Lipinski definition) is 0. The van der Waals surface area contributed by atoms with E-state index in [1.807, 2.05) is 0 Å². The third-order valence-corrected chi connectivity index (χ3v) is 1.11. The van der Waals surface area contributed by atoms with Gasteiger partial charge in [-0.3, -0.25) is 0 Å². The van der Waals surface area contributed by atoms with Crippen molar-refractivity contribution in [3.8, 4) is 0 Å². The molecular formula is C7H10N3. The van der Waals surface area contributed by atoms with E-state index in [0.29, 0.717) is 5.92 Å². The molecule has 0 fully saturated rings. The Morgan fingerprint density at radius 2 is 2.40 bits per heavy atom. The summed E-state index contributed by atoms with van der Waals surface area (Å²) in [6.45, 7) is 4.27. The van der Waals surface area contributed by atoms with E-state index in [1.165, 1.54) is 0 Å². The van der Waals surface area contributed by atoms with Crippen molar-refractivity contribution in [2.45, 2.75) is 20.3 Å². The van der Waals surface area contributed by atoms with Crippen LogP contribution in [-0.4, -0.2) is 15.4 Å². The minimum atomic E-state index is 0.605. The van der Waals surface area contributed by atoms with Crippen molar-refractivity contribution < 1.29 is 0 Å². The molecule has 0 amide bonds. The predicted molar refractivity (Wildman–Crippen MR) is 37.2 cm³/mol. The zero-order valence-corrected chi connectivity index (χ0v) is 6.20. The highest BCUT2D eigenvalue weighted by Gasteiger charge is 1.97. The Kier molecular flexibility index (Phi) is 2.31. The fourth-order valence-corrected chi connectivity index (χ4v) is 0.724. The van der Waals surface area contributed by atoms with Crippen molar-refractivity contribution in [1.82, 2.24) is 15.4 Å². The molecule has 0 N–H and O–H groups in total. The Balaban J connectivity index is 2.59. The topological polar surface area (TPSA) is 38.7 Å². The molecule has 0 spiro atoms. The summed E-state index contributed by atoms with van der Waals surface area (Å²) in [5.74, 6) is 0.605. The summed E-state index contributed by atoms with van der Waals surface area (Å²) >= 11 is 0. The molecular weight excluding hydrogens is 126 g/mol. The highest BCUT2D eigenvalue weighted by atomic mass is 15.3. The standard InChI is InChI=1S/C7H10N3/c1-6(2)5-7-3-4-8-10-9-7/h4,6H,5H2,1-2H3. The first-order valence-corrected chi connectivity index (χ1v) is 3.34. The largest absolute Gasteiger partial charge is 0.138 e. The first-order valence-electron chi connectivity index (χ1n) is 3.34. The van der Waals surface area contributed by atoms with E-state index in [2.05, 4.69) is 35.3 Å². The van der Waals surface area contributed by atoms with Crippen LogP contribution in [0, 0.1) is 12.0 Å². The van der Waals surface area contributed by atoms with Gasteiger partial charge in [-0.25, -0.2) is 0 Å². The molecule has 0 unspecified atom stereocenters. The van der Waals surface area contributed by atoms with Crippen LogP contribution in [0.5, 0.6) is 0 Å². The van der Waals surface area contributed by atoms with Crippen molar-refractivity contribution in [2.75, 3.05) is 0 Å². The van der Waals surface area contributed by atoms with Gasteiger partial charge >= 0.3 is 0 Å². The van der Waals surface area contributed by atoms with E-state index in [4.69, 9.17) is 0 Å². The highest BCUT2D eigenvalue weighted by Crippen LogP contribution is 2.00. The van der Waals surface area contributed by atoms with Gasteiger partial charge in [-0.2, -0.15) is 0 Å². The molecule has 0 saturated heterocycles. The third kappa shape index (κ3) is 2.09.